The molecule has 7 heteroatoms. The number of carbonyl (C=O) groups is 2. The van der Waals surface area contributed by atoms with Crippen LogP contribution in [-0.4, -0.2) is 62.7 Å². The second kappa shape index (κ2) is 5.87. The van der Waals surface area contributed by atoms with Gasteiger partial charge >= 0.3 is 12.0 Å². The molecule has 2 N–H and O–H groups in total. The van der Waals surface area contributed by atoms with Crippen LogP contribution in [0, 0.1) is 0 Å². The first-order valence-corrected chi connectivity index (χ1v) is 6.30. The Bertz CT molecular complexity index is 494. The van der Waals surface area contributed by atoms with E-state index in [1.807, 2.05) is 6.07 Å². The number of aromatic nitrogens is 1. The summed E-state index contributed by atoms with van der Waals surface area (Å²) < 4.78 is 0. The molecule has 0 aromatic carbocycles. The van der Waals surface area contributed by atoms with Crippen molar-refractivity contribution < 1.29 is 19.8 Å². The summed E-state index contributed by atoms with van der Waals surface area (Å²) in [6, 6.07) is 2.24. The van der Waals surface area contributed by atoms with Gasteiger partial charge in [0.05, 0.1) is 6.10 Å². The van der Waals surface area contributed by atoms with Gasteiger partial charge in [0.25, 0.3) is 0 Å². The van der Waals surface area contributed by atoms with Gasteiger partial charge in [0.2, 0.25) is 0 Å². The van der Waals surface area contributed by atoms with E-state index >= 15 is 0 Å². The van der Waals surface area contributed by atoms with E-state index in [4.69, 9.17) is 5.11 Å². The second-order valence-corrected chi connectivity index (χ2v) is 4.90. The normalized spacial score (nSPS) is 21.8. The quantitative estimate of drug-likeness (QED) is 0.821. The van der Waals surface area contributed by atoms with Gasteiger partial charge in [0.15, 0.2) is 0 Å². The number of carboxylic acid groups (broad SMARTS) is 1. The predicted octanol–water partition coefficient (Wildman–Crippen LogP) is 0.153. The Morgan fingerprint density at radius 1 is 1.55 bits per heavy atom. The minimum absolute atomic E-state index is 0.0488. The van der Waals surface area contributed by atoms with Crippen LogP contribution in [0.15, 0.2) is 24.5 Å². The van der Waals surface area contributed by atoms with E-state index in [9.17, 15) is 14.7 Å². The molecule has 1 saturated heterocycles. The Kier molecular flexibility index (Phi) is 4.19. The number of pyridine rings is 1. The lowest BCUT2D eigenvalue weighted by molar-refractivity contribution is -0.141. The monoisotopic (exact) mass is 279 g/mol. The number of hydrogen-bond acceptors (Lipinski definition) is 4. The summed E-state index contributed by atoms with van der Waals surface area (Å²) in [5.41, 5.74) is 0.856. The molecule has 2 rings (SSSR count). The predicted molar refractivity (Wildman–Crippen MR) is 69.9 cm³/mol. The lowest BCUT2D eigenvalue weighted by Gasteiger charge is -2.27. The summed E-state index contributed by atoms with van der Waals surface area (Å²) in [6.07, 6.45) is 2.58. The van der Waals surface area contributed by atoms with Crippen LogP contribution in [0.3, 0.4) is 0 Å². The molecule has 1 fully saturated rings. The second-order valence-electron chi connectivity index (χ2n) is 4.90. The van der Waals surface area contributed by atoms with E-state index in [1.165, 1.54) is 9.80 Å². The zero-order valence-electron chi connectivity index (χ0n) is 11.1. The maximum Gasteiger partial charge on any atom is 0.326 e. The molecule has 0 bridgehead atoms. The Morgan fingerprint density at radius 3 is 2.90 bits per heavy atom. The zero-order valence-corrected chi connectivity index (χ0v) is 11.1. The molecule has 108 valence electrons. The molecule has 2 amide bonds. The molecule has 1 aliphatic rings. The topological polar surface area (TPSA) is 94.0 Å². The fraction of sp³-hybridized carbons (Fsp3) is 0.462. The van der Waals surface area contributed by atoms with Gasteiger partial charge in [0.1, 0.15) is 6.04 Å². The van der Waals surface area contributed by atoms with Crippen molar-refractivity contribution in [2.24, 2.45) is 0 Å². The largest absolute Gasteiger partial charge is 0.480 e. The van der Waals surface area contributed by atoms with Crippen LogP contribution >= 0.6 is 0 Å². The number of aliphatic hydroxyl groups excluding tert-OH is 1. The van der Waals surface area contributed by atoms with Crippen LogP contribution in [0.5, 0.6) is 0 Å². The molecule has 1 aliphatic heterocycles. The number of rotatable bonds is 3. The zero-order chi connectivity index (χ0) is 14.7. The third-order valence-electron chi connectivity index (χ3n) is 3.28. The summed E-state index contributed by atoms with van der Waals surface area (Å²) in [5.74, 6) is -1.09. The Hall–Kier alpha value is -2.15. The number of β-amino-alcohol motifs (C(OH)–C–C–N with tert-alkyl or cyclic N) is 1. The van der Waals surface area contributed by atoms with Crippen LogP contribution in [0.25, 0.3) is 0 Å². The van der Waals surface area contributed by atoms with Gasteiger partial charge in [0, 0.05) is 39.0 Å². The van der Waals surface area contributed by atoms with Crippen molar-refractivity contribution in [3.63, 3.8) is 0 Å². The highest BCUT2D eigenvalue weighted by Crippen LogP contribution is 2.20. The maximum atomic E-state index is 12.3. The highest BCUT2D eigenvalue weighted by molar-refractivity contribution is 5.83. The van der Waals surface area contributed by atoms with E-state index in [0.29, 0.717) is 6.54 Å². The first kappa shape index (κ1) is 14.3. The Labute approximate surface area is 116 Å². The number of urea groups is 1. The lowest BCUT2D eigenvalue weighted by Crippen LogP contribution is -2.46. The van der Waals surface area contributed by atoms with Crippen LogP contribution in [0.4, 0.5) is 4.79 Å². The van der Waals surface area contributed by atoms with Crippen molar-refractivity contribution in [1.29, 1.82) is 0 Å². The van der Waals surface area contributed by atoms with Gasteiger partial charge in [-0.15, -0.1) is 0 Å². The van der Waals surface area contributed by atoms with Crippen LogP contribution < -0.4 is 0 Å². The van der Waals surface area contributed by atoms with E-state index in [1.54, 1.807) is 25.5 Å². The van der Waals surface area contributed by atoms with Crippen molar-refractivity contribution in [1.82, 2.24) is 14.8 Å². The van der Waals surface area contributed by atoms with Crippen molar-refractivity contribution in [3.8, 4) is 0 Å². The van der Waals surface area contributed by atoms with Gasteiger partial charge in [-0.05, 0) is 11.6 Å². The maximum absolute atomic E-state index is 12.3. The molecule has 7 nitrogen and oxygen atoms in total. The lowest BCUT2D eigenvalue weighted by atomic mass is 10.2. The highest BCUT2D eigenvalue weighted by atomic mass is 16.4. The van der Waals surface area contributed by atoms with Gasteiger partial charge in [-0.3, -0.25) is 4.98 Å². The molecule has 0 radical (unpaired) electrons. The van der Waals surface area contributed by atoms with Crippen molar-refractivity contribution in [2.45, 2.75) is 25.1 Å². The molecule has 0 aliphatic carbocycles. The minimum atomic E-state index is -1.09. The fourth-order valence-corrected chi connectivity index (χ4v) is 2.31. The fourth-order valence-electron chi connectivity index (χ4n) is 2.31. The molecular weight excluding hydrogens is 262 g/mol. The van der Waals surface area contributed by atoms with E-state index < -0.39 is 24.1 Å². The van der Waals surface area contributed by atoms with Gasteiger partial charge in [-0.1, -0.05) is 6.07 Å². The van der Waals surface area contributed by atoms with Crippen LogP contribution in [0.2, 0.25) is 0 Å². The highest BCUT2D eigenvalue weighted by Gasteiger charge is 2.39. The minimum Gasteiger partial charge on any atom is -0.480 e. The molecular formula is C13H17N3O4. The third kappa shape index (κ3) is 3.05. The number of amides is 2. The molecule has 0 saturated carbocycles. The number of hydrogen-bond donors (Lipinski definition) is 2. The SMILES string of the molecule is CN(Cc1cccnc1)C(=O)N1CC(O)C[C@H]1C(=O)O. The molecule has 2 atom stereocenters. The summed E-state index contributed by atoms with van der Waals surface area (Å²) >= 11 is 0. The van der Waals surface area contributed by atoms with E-state index in [2.05, 4.69) is 4.98 Å². The van der Waals surface area contributed by atoms with Crippen molar-refractivity contribution >= 4 is 12.0 Å². The Balaban J connectivity index is 2.04. The van der Waals surface area contributed by atoms with Gasteiger partial charge < -0.3 is 20.0 Å². The van der Waals surface area contributed by atoms with Gasteiger partial charge in [-0.2, -0.15) is 0 Å². The average Bonchev–Trinajstić information content (AvgIpc) is 2.81. The number of carbonyl (C=O) groups excluding carboxylic acids is 1. The summed E-state index contributed by atoms with van der Waals surface area (Å²) in [7, 11) is 1.60. The van der Waals surface area contributed by atoms with Crippen molar-refractivity contribution in [3.05, 3.63) is 30.1 Å². The number of aliphatic hydroxyl groups is 1. The third-order valence-corrected chi connectivity index (χ3v) is 3.28. The molecule has 1 unspecified atom stereocenters. The number of nitrogens with zero attached hydrogens (tertiary/aromatic N) is 3. The molecule has 20 heavy (non-hydrogen) atoms. The molecule has 1 aromatic heterocycles. The van der Waals surface area contributed by atoms with E-state index in [-0.39, 0.29) is 13.0 Å². The first-order chi connectivity index (χ1) is 9.49. The average molecular weight is 279 g/mol. The van der Waals surface area contributed by atoms with Crippen molar-refractivity contribution in [2.75, 3.05) is 13.6 Å². The van der Waals surface area contributed by atoms with Crippen LogP contribution in [-0.2, 0) is 11.3 Å². The smallest absolute Gasteiger partial charge is 0.326 e. The molecule has 2 heterocycles. The first-order valence-electron chi connectivity index (χ1n) is 6.30. The Morgan fingerprint density at radius 2 is 2.30 bits per heavy atom. The van der Waals surface area contributed by atoms with Crippen LogP contribution in [0.1, 0.15) is 12.0 Å². The standard InChI is InChI=1S/C13H17N3O4/c1-15(7-9-3-2-4-14-6-9)13(20)16-8-10(17)5-11(16)12(18)19/h2-4,6,10-11,17H,5,7-8H2,1H3,(H,18,19)/t10?,11-/m0/s1. The summed E-state index contributed by atoms with van der Waals surface area (Å²) in [4.78, 5) is 30.0. The summed E-state index contributed by atoms with van der Waals surface area (Å²) in [5, 5.41) is 18.6. The molecule has 1 aromatic rings. The number of carboxylic acids is 1. The number of likely N-dealkylation sites (tertiary alicyclic amines) is 1. The molecule has 0 spiro atoms. The number of aliphatic carboxylic acids is 1. The van der Waals surface area contributed by atoms with E-state index in [0.717, 1.165) is 5.56 Å². The summed E-state index contributed by atoms with van der Waals surface area (Å²) in [6.45, 7) is 0.388. The van der Waals surface area contributed by atoms with Gasteiger partial charge in [-0.25, -0.2) is 9.59 Å².